The van der Waals surface area contributed by atoms with Crippen molar-refractivity contribution in [1.29, 1.82) is 0 Å². The van der Waals surface area contributed by atoms with Crippen LogP contribution in [0.15, 0.2) is 42.5 Å². The lowest BCUT2D eigenvalue weighted by Gasteiger charge is -2.37. The molecule has 1 heterocycles. The standard InChI is InChI=1S/C19H20N2O4/c1-12-10-13(8-9-16(12)21(23)24)18(22)20-15-11-19(2,3)25-17-7-5-4-6-14(15)17/h4-10,15H,11H2,1-3H3,(H,20,22)/t15-/m1/s1. The van der Waals surface area contributed by atoms with Gasteiger partial charge >= 0.3 is 0 Å². The van der Waals surface area contributed by atoms with Crippen LogP contribution in [0.3, 0.4) is 0 Å². The van der Waals surface area contributed by atoms with E-state index in [0.29, 0.717) is 17.5 Å². The van der Waals surface area contributed by atoms with Crippen LogP contribution in [0.5, 0.6) is 5.75 Å². The molecule has 0 fully saturated rings. The van der Waals surface area contributed by atoms with E-state index in [2.05, 4.69) is 5.32 Å². The molecule has 0 aliphatic carbocycles. The minimum Gasteiger partial charge on any atom is -0.487 e. The van der Waals surface area contributed by atoms with Crippen molar-refractivity contribution < 1.29 is 14.5 Å². The molecule has 1 aliphatic heterocycles. The largest absolute Gasteiger partial charge is 0.487 e. The first-order chi connectivity index (χ1) is 11.8. The van der Waals surface area contributed by atoms with Crippen molar-refractivity contribution in [3.8, 4) is 5.75 Å². The van der Waals surface area contributed by atoms with Crippen molar-refractivity contribution in [2.75, 3.05) is 0 Å². The number of benzene rings is 2. The van der Waals surface area contributed by atoms with Gasteiger partial charge in [0.2, 0.25) is 0 Å². The van der Waals surface area contributed by atoms with E-state index in [1.54, 1.807) is 13.0 Å². The fourth-order valence-electron chi connectivity index (χ4n) is 3.17. The van der Waals surface area contributed by atoms with Crippen molar-refractivity contribution in [1.82, 2.24) is 5.32 Å². The number of hydrogen-bond donors (Lipinski definition) is 1. The third kappa shape index (κ3) is 3.47. The highest BCUT2D eigenvalue weighted by molar-refractivity contribution is 5.95. The van der Waals surface area contributed by atoms with E-state index in [1.165, 1.54) is 12.1 Å². The number of rotatable bonds is 3. The van der Waals surface area contributed by atoms with Gasteiger partial charge in [0.15, 0.2) is 0 Å². The van der Waals surface area contributed by atoms with Crippen LogP contribution in [0.1, 0.15) is 47.8 Å². The predicted octanol–water partition coefficient (Wildman–Crippen LogP) is 3.94. The summed E-state index contributed by atoms with van der Waals surface area (Å²) in [6.45, 7) is 5.60. The molecule has 0 radical (unpaired) electrons. The number of nitro groups is 1. The highest BCUT2D eigenvalue weighted by atomic mass is 16.6. The maximum Gasteiger partial charge on any atom is 0.272 e. The average Bonchev–Trinajstić information content (AvgIpc) is 2.53. The second-order valence-electron chi connectivity index (χ2n) is 6.89. The maximum absolute atomic E-state index is 12.6. The van der Waals surface area contributed by atoms with E-state index in [0.717, 1.165) is 11.3 Å². The molecular weight excluding hydrogens is 320 g/mol. The molecule has 25 heavy (non-hydrogen) atoms. The molecular formula is C19H20N2O4. The van der Waals surface area contributed by atoms with Crippen molar-refractivity contribution in [3.05, 3.63) is 69.3 Å². The Labute approximate surface area is 146 Å². The summed E-state index contributed by atoms with van der Waals surface area (Å²) < 4.78 is 5.97. The number of carbonyl (C=O) groups excluding carboxylic acids is 1. The summed E-state index contributed by atoms with van der Waals surface area (Å²) in [6.07, 6.45) is 0.641. The zero-order chi connectivity index (χ0) is 18.2. The summed E-state index contributed by atoms with van der Waals surface area (Å²) >= 11 is 0. The van der Waals surface area contributed by atoms with E-state index in [4.69, 9.17) is 4.74 Å². The Bertz CT molecular complexity index is 845. The summed E-state index contributed by atoms with van der Waals surface area (Å²) in [5.74, 6) is 0.513. The molecule has 6 nitrogen and oxygen atoms in total. The highest BCUT2D eigenvalue weighted by Gasteiger charge is 2.34. The van der Waals surface area contributed by atoms with E-state index in [-0.39, 0.29) is 17.6 Å². The Balaban J connectivity index is 1.86. The van der Waals surface area contributed by atoms with Crippen molar-refractivity contribution in [2.24, 2.45) is 0 Å². The van der Waals surface area contributed by atoms with Gasteiger partial charge in [0.1, 0.15) is 11.4 Å². The molecule has 1 aliphatic rings. The van der Waals surface area contributed by atoms with Crippen LogP contribution in [-0.2, 0) is 0 Å². The summed E-state index contributed by atoms with van der Waals surface area (Å²) in [5.41, 5.74) is 1.43. The monoisotopic (exact) mass is 340 g/mol. The molecule has 2 aromatic carbocycles. The van der Waals surface area contributed by atoms with E-state index >= 15 is 0 Å². The van der Waals surface area contributed by atoms with Gasteiger partial charge in [0.05, 0.1) is 11.0 Å². The van der Waals surface area contributed by atoms with Crippen LogP contribution in [0.4, 0.5) is 5.69 Å². The van der Waals surface area contributed by atoms with Crippen LogP contribution < -0.4 is 10.1 Å². The SMILES string of the molecule is Cc1cc(C(=O)N[C@@H]2CC(C)(C)Oc3ccccc32)ccc1[N+](=O)[O-]. The summed E-state index contributed by atoms with van der Waals surface area (Å²) in [4.78, 5) is 23.1. The number of nitrogens with one attached hydrogen (secondary N) is 1. The summed E-state index contributed by atoms with van der Waals surface area (Å²) in [6, 6.07) is 11.9. The molecule has 130 valence electrons. The lowest BCUT2D eigenvalue weighted by atomic mass is 9.89. The molecule has 6 heteroatoms. The number of aryl methyl sites for hydroxylation is 1. The molecule has 1 atom stereocenters. The summed E-state index contributed by atoms with van der Waals surface area (Å²) in [5, 5.41) is 14.0. The Hall–Kier alpha value is -2.89. The number of carbonyl (C=O) groups is 1. The second kappa shape index (κ2) is 6.20. The van der Waals surface area contributed by atoms with Gasteiger partial charge in [-0.3, -0.25) is 14.9 Å². The average molecular weight is 340 g/mol. The Morgan fingerprint density at radius 2 is 2.00 bits per heavy atom. The first-order valence-corrected chi connectivity index (χ1v) is 8.11. The molecule has 0 saturated heterocycles. The lowest BCUT2D eigenvalue weighted by Crippen LogP contribution is -2.41. The van der Waals surface area contributed by atoms with Crippen molar-refractivity contribution in [2.45, 2.75) is 38.8 Å². The van der Waals surface area contributed by atoms with Crippen LogP contribution >= 0.6 is 0 Å². The van der Waals surface area contributed by atoms with Gasteiger partial charge in [-0.15, -0.1) is 0 Å². The fourth-order valence-corrected chi connectivity index (χ4v) is 3.17. The lowest BCUT2D eigenvalue weighted by molar-refractivity contribution is -0.385. The third-order valence-corrected chi connectivity index (χ3v) is 4.34. The number of ether oxygens (including phenoxy) is 1. The molecule has 1 amide bonds. The van der Waals surface area contributed by atoms with Crippen molar-refractivity contribution in [3.63, 3.8) is 0 Å². The zero-order valence-electron chi connectivity index (χ0n) is 14.4. The maximum atomic E-state index is 12.6. The van der Waals surface area contributed by atoms with Gasteiger partial charge in [-0.2, -0.15) is 0 Å². The minimum atomic E-state index is -0.450. The van der Waals surface area contributed by atoms with Gasteiger partial charge in [-0.1, -0.05) is 18.2 Å². The molecule has 0 spiro atoms. The van der Waals surface area contributed by atoms with E-state index in [1.807, 2.05) is 38.1 Å². The van der Waals surface area contributed by atoms with Crippen LogP contribution in [0.2, 0.25) is 0 Å². The molecule has 0 saturated carbocycles. The molecule has 0 unspecified atom stereocenters. The number of amides is 1. The number of para-hydroxylation sites is 1. The van der Waals surface area contributed by atoms with Crippen LogP contribution in [0, 0.1) is 17.0 Å². The smallest absolute Gasteiger partial charge is 0.272 e. The molecule has 3 rings (SSSR count). The second-order valence-corrected chi connectivity index (χ2v) is 6.89. The Morgan fingerprint density at radius 1 is 1.28 bits per heavy atom. The Kier molecular flexibility index (Phi) is 4.20. The van der Waals surface area contributed by atoms with Gasteiger partial charge in [-0.05, 0) is 39.0 Å². The number of nitrogens with zero attached hydrogens (tertiary/aromatic N) is 1. The molecule has 2 aromatic rings. The topological polar surface area (TPSA) is 81.5 Å². The van der Waals surface area contributed by atoms with E-state index in [9.17, 15) is 14.9 Å². The molecule has 1 N–H and O–H groups in total. The van der Waals surface area contributed by atoms with Gasteiger partial charge < -0.3 is 10.1 Å². The van der Waals surface area contributed by atoms with Crippen LogP contribution in [0.25, 0.3) is 0 Å². The molecule has 0 bridgehead atoms. The minimum absolute atomic E-state index is 0.00842. The molecule has 0 aromatic heterocycles. The van der Waals surface area contributed by atoms with E-state index < -0.39 is 10.5 Å². The predicted molar refractivity (Wildman–Crippen MR) is 93.8 cm³/mol. The van der Waals surface area contributed by atoms with Gasteiger partial charge in [-0.25, -0.2) is 0 Å². The van der Waals surface area contributed by atoms with Crippen molar-refractivity contribution >= 4 is 11.6 Å². The third-order valence-electron chi connectivity index (χ3n) is 4.34. The number of hydrogen-bond acceptors (Lipinski definition) is 4. The normalized spacial score (nSPS) is 18.0. The van der Waals surface area contributed by atoms with Gasteiger partial charge in [0, 0.05) is 29.2 Å². The first kappa shape index (κ1) is 17.0. The summed E-state index contributed by atoms with van der Waals surface area (Å²) in [7, 11) is 0. The van der Waals surface area contributed by atoms with Gasteiger partial charge in [0.25, 0.3) is 11.6 Å². The number of nitro benzene ring substituents is 1. The zero-order valence-corrected chi connectivity index (χ0v) is 14.4. The first-order valence-electron chi connectivity index (χ1n) is 8.11. The quantitative estimate of drug-likeness (QED) is 0.678. The Morgan fingerprint density at radius 3 is 2.68 bits per heavy atom. The fraction of sp³-hybridized carbons (Fsp3) is 0.316. The highest BCUT2D eigenvalue weighted by Crippen LogP contribution is 2.39. The van der Waals surface area contributed by atoms with Crippen LogP contribution in [-0.4, -0.2) is 16.4 Å². The number of fused-ring (bicyclic) bond motifs is 1.